The zero-order chi connectivity index (χ0) is 8.01. The normalized spacial score (nSPS) is 38.4. The van der Waals surface area contributed by atoms with Crippen molar-refractivity contribution in [2.45, 2.75) is 13.3 Å². The minimum absolute atomic E-state index is 0.407. The summed E-state index contributed by atoms with van der Waals surface area (Å²) in [6, 6.07) is 0. The molecule has 0 aromatic heterocycles. The molecule has 2 fully saturated rings. The first-order chi connectivity index (χ1) is 5.18. The molecule has 0 radical (unpaired) electrons. The Labute approximate surface area is 67.6 Å². The molecule has 0 N–H and O–H groups in total. The average molecular weight is 153 g/mol. The molecule has 0 bridgehead atoms. The van der Waals surface area contributed by atoms with E-state index in [2.05, 4.69) is 11.9 Å². The Balaban J connectivity index is 1.79. The Kier molecular flexibility index (Phi) is 1.53. The number of likely N-dealkylation sites (tertiary alicyclic amines) is 1. The first-order valence-electron chi connectivity index (χ1n) is 4.37. The maximum atomic E-state index is 10.9. The van der Waals surface area contributed by atoms with Gasteiger partial charge in [0.15, 0.2) is 0 Å². The Bertz CT molecular complexity index is 184. The zero-order valence-electron chi connectivity index (χ0n) is 7.21. The third-order valence-corrected chi connectivity index (χ3v) is 3.06. The largest absolute Gasteiger partial charge is 0.306 e. The summed E-state index contributed by atoms with van der Waals surface area (Å²) in [5.74, 6) is 2.44. The van der Waals surface area contributed by atoms with Gasteiger partial charge in [-0.2, -0.15) is 0 Å². The highest BCUT2D eigenvalue weighted by atomic mass is 16.1. The van der Waals surface area contributed by atoms with Crippen molar-refractivity contribution in [1.29, 1.82) is 0 Å². The lowest BCUT2D eigenvalue weighted by Gasteiger charge is -2.36. The molecule has 0 aromatic rings. The van der Waals surface area contributed by atoms with Gasteiger partial charge in [-0.15, -0.1) is 0 Å². The van der Waals surface area contributed by atoms with E-state index in [1.54, 1.807) is 6.92 Å². The van der Waals surface area contributed by atoms with Gasteiger partial charge < -0.3 is 4.90 Å². The Morgan fingerprint density at radius 3 is 2.45 bits per heavy atom. The summed E-state index contributed by atoms with van der Waals surface area (Å²) in [7, 11) is 2.14. The number of hydrogen-bond acceptors (Lipinski definition) is 2. The molecular weight excluding hydrogens is 138 g/mol. The summed E-state index contributed by atoms with van der Waals surface area (Å²) in [6.45, 7) is 4.16. The quantitative estimate of drug-likeness (QED) is 0.584. The average Bonchev–Trinajstić information content (AvgIpc) is 2.58. The van der Waals surface area contributed by atoms with E-state index in [-0.39, 0.29) is 0 Å². The van der Waals surface area contributed by atoms with E-state index in [9.17, 15) is 4.79 Å². The van der Waals surface area contributed by atoms with Crippen LogP contribution in [0.25, 0.3) is 0 Å². The molecule has 2 rings (SSSR count). The van der Waals surface area contributed by atoms with Crippen LogP contribution in [0.15, 0.2) is 0 Å². The second kappa shape index (κ2) is 2.31. The van der Waals surface area contributed by atoms with Crippen molar-refractivity contribution >= 4 is 5.78 Å². The third-order valence-electron chi connectivity index (χ3n) is 3.06. The smallest absolute Gasteiger partial charge is 0.133 e. The SMILES string of the molecule is CC(=O)C1CC1C1CN(C)C1. The monoisotopic (exact) mass is 153 g/mol. The summed E-state index contributed by atoms with van der Waals surface area (Å²) in [6.07, 6.45) is 1.17. The van der Waals surface area contributed by atoms with Crippen molar-refractivity contribution in [3.05, 3.63) is 0 Å². The highest BCUT2D eigenvalue weighted by Gasteiger charge is 2.48. The highest BCUT2D eigenvalue weighted by molar-refractivity contribution is 5.81. The van der Waals surface area contributed by atoms with Crippen molar-refractivity contribution in [2.24, 2.45) is 17.8 Å². The fourth-order valence-corrected chi connectivity index (χ4v) is 2.22. The molecule has 2 nitrogen and oxygen atoms in total. The number of hydrogen-bond donors (Lipinski definition) is 0. The van der Waals surface area contributed by atoms with Crippen molar-refractivity contribution in [3.63, 3.8) is 0 Å². The van der Waals surface area contributed by atoms with Gasteiger partial charge in [0.2, 0.25) is 0 Å². The van der Waals surface area contributed by atoms with Crippen LogP contribution in [0.1, 0.15) is 13.3 Å². The van der Waals surface area contributed by atoms with Crippen LogP contribution < -0.4 is 0 Å². The van der Waals surface area contributed by atoms with Crippen molar-refractivity contribution in [2.75, 3.05) is 20.1 Å². The van der Waals surface area contributed by atoms with Crippen LogP contribution in [0.5, 0.6) is 0 Å². The molecular formula is C9H15NO. The summed E-state index contributed by atoms with van der Waals surface area (Å²) in [5, 5.41) is 0. The van der Waals surface area contributed by atoms with E-state index in [4.69, 9.17) is 0 Å². The predicted molar refractivity (Wildman–Crippen MR) is 43.3 cm³/mol. The molecule has 2 unspecified atom stereocenters. The maximum Gasteiger partial charge on any atom is 0.133 e. The topological polar surface area (TPSA) is 20.3 Å². The van der Waals surface area contributed by atoms with Gasteiger partial charge in [-0.1, -0.05) is 0 Å². The molecule has 1 aliphatic carbocycles. The minimum Gasteiger partial charge on any atom is -0.306 e. The molecule has 2 atom stereocenters. The van der Waals surface area contributed by atoms with Crippen LogP contribution in [0.4, 0.5) is 0 Å². The number of carbonyl (C=O) groups excluding carboxylic acids is 1. The van der Waals surface area contributed by atoms with Gasteiger partial charge in [0.05, 0.1) is 0 Å². The second-order valence-electron chi connectivity index (χ2n) is 4.10. The minimum atomic E-state index is 0.407. The van der Waals surface area contributed by atoms with Crippen LogP contribution >= 0.6 is 0 Å². The summed E-state index contributed by atoms with van der Waals surface area (Å²) in [4.78, 5) is 13.2. The van der Waals surface area contributed by atoms with E-state index in [0.717, 1.165) is 11.8 Å². The standard InChI is InChI=1S/C9H15NO/c1-6(11)8-3-9(8)7-4-10(2)5-7/h7-9H,3-5H2,1-2H3. The van der Waals surface area contributed by atoms with E-state index < -0.39 is 0 Å². The first kappa shape index (κ1) is 7.29. The number of carbonyl (C=O) groups is 1. The van der Waals surface area contributed by atoms with Gasteiger partial charge in [0.1, 0.15) is 5.78 Å². The number of rotatable bonds is 2. The zero-order valence-corrected chi connectivity index (χ0v) is 7.21. The summed E-state index contributed by atoms with van der Waals surface area (Å²) >= 11 is 0. The molecule has 2 heteroatoms. The van der Waals surface area contributed by atoms with Gasteiger partial charge in [-0.25, -0.2) is 0 Å². The predicted octanol–water partition coefficient (Wildman–Crippen LogP) is 0.773. The highest BCUT2D eigenvalue weighted by Crippen LogP contribution is 2.47. The molecule has 1 aliphatic heterocycles. The fourth-order valence-electron chi connectivity index (χ4n) is 2.22. The molecule has 62 valence electrons. The Morgan fingerprint density at radius 1 is 1.45 bits per heavy atom. The molecule has 1 saturated heterocycles. The van der Waals surface area contributed by atoms with Gasteiger partial charge in [-0.05, 0) is 32.2 Å². The molecule has 2 aliphatic rings. The van der Waals surface area contributed by atoms with Crippen LogP contribution in [0.2, 0.25) is 0 Å². The van der Waals surface area contributed by atoms with Gasteiger partial charge in [0, 0.05) is 19.0 Å². The van der Waals surface area contributed by atoms with Gasteiger partial charge in [0.25, 0.3) is 0 Å². The van der Waals surface area contributed by atoms with Crippen LogP contribution in [-0.4, -0.2) is 30.8 Å². The first-order valence-corrected chi connectivity index (χ1v) is 4.37. The second-order valence-corrected chi connectivity index (χ2v) is 4.10. The Hall–Kier alpha value is -0.370. The van der Waals surface area contributed by atoms with Gasteiger partial charge >= 0.3 is 0 Å². The van der Waals surface area contributed by atoms with E-state index in [1.807, 2.05) is 0 Å². The molecule has 0 aromatic carbocycles. The number of Topliss-reactive ketones (excluding diaryl/α,β-unsaturated/α-hetero) is 1. The maximum absolute atomic E-state index is 10.9. The third kappa shape index (κ3) is 1.20. The fraction of sp³-hybridized carbons (Fsp3) is 0.889. The van der Waals surface area contributed by atoms with E-state index >= 15 is 0 Å². The van der Waals surface area contributed by atoms with Crippen LogP contribution in [0.3, 0.4) is 0 Å². The molecule has 11 heavy (non-hydrogen) atoms. The van der Waals surface area contributed by atoms with E-state index in [1.165, 1.54) is 19.5 Å². The molecule has 1 heterocycles. The lowest BCUT2D eigenvalue weighted by Crippen LogP contribution is -2.45. The summed E-state index contributed by atoms with van der Waals surface area (Å²) < 4.78 is 0. The number of nitrogens with zero attached hydrogens (tertiary/aromatic N) is 1. The van der Waals surface area contributed by atoms with Crippen molar-refractivity contribution in [3.8, 4) is 0 Å². The lowest BCUT2D eigenvalue weighted by molar-refractivity contribution is -0.118. The van der Waals surface area contributed by atoms with E-state index in [0.29, 0.717) is 11.7 Å². The van der Waals surface area contributed by atoms with Gasteiger partial charge in [-0.3, -0.25) is 4.79 Å². The van der Waals surface area contributed by atoms with Crippen molar-refractivity contribution < 1.29 is 4.79 Å². The number of ketones is 1. The van der Waals surface area contributed by atoms with Crippen LogP contribution in [0, 0.1) is 17.8 Å². The van der Waals surface area contributed by atoms with Crippen LogP contribution in [-0.2, 0) is 4.79 Å². The Morgan fingerprint density at radius 2 is 2.09 bits per heavy atom. The molecule has 0 spiro atoms. The lowest BCUT2D eigenvalue weighted by atomic mass is 9.93. The van der Waals surface area contributed by atoms with Crippen molar-refractivity contribution in [1.82, 2.24) is 4.90 Å². The molecule has 1 saturated carbocycles. The molecule has 0 amide bonds. The summed E-state index contributed by atoms with van der Waals surface area (Å²) in [5.41, 5.74) is 0.